The molecule has 1 rings (SSSR count). The molecule has 1 N–H and O–H groups in total. The topological polar surface area (TPSA) is 58.6 Å². The minimum atomic E-state index is -0.252. The Bertz CT molecular complexity index is 584. The standard InChI is InChI=1S/C20H32N2O3/c1-14(2)12-22(10-9-20(24)25-6)13-19(23)21-17(5)18-8-7-15(3)16(4)11-18/h7-8,11,14,17H,9-10,12-13H2,1-6H3,(H,21,23)/t17-/m0/s1. The van der Waals surface area contributed by atoms with Crippen molar-refractivity contribution in [2.24, 2.45) is 5.92 Å². The second-order valence-electron chi connectivity index (χ2n) is 7.09. The predicted octanol–water partition coefficient (Wildman–Crippen LogP) is 3.00. The van der Waals surface area contributed by atoms with Crippen LogP contribution in [0.3, 0.4) is 0 Å². The summed E-state index contributed by atoms with van der Waals surface area (Å²) in [6, 6.07) is 6.20. The first-order chi connectivity index (χ1) is 11.7. The van der Waals surface area contributed by atoms with E-state index in [1.165, 1.54) is 18.2 Å². The molecule has 0 heterocycles. The number of methoxy groups -OCH3 is 1. The number of nitrogens with zero attached hydrogens (tertiary/aromatic N) is 1. The van der Waals surface area contributed by atoms with Crippen LogP contribution in [-0.4, -0.2) is 43.5 Å². The molecule has 140 valence electrons. The van der Waals surface area contributed by atoms with Crippen LogP contribution in [0.2, 0.25) is 0 Å². The Kier molecular flexibility index (Phi) is 8.62. The molecule has 0 spiro atoms. The molecule has 5 nitrogen and oxygen atoms in total. The summed E-state index contributed by atoms with van der Waals surface area (Å²) in [6.45, 7) is 11.9. The lowest BCUT2D eigenvalue weighted by Crippen LogP contribution is -2.40. The molecule has 0 unspecified atom stereocenters. The fourth-order valence-corrected chi connectivity index (χ4v) is 2.71. The van der Waals surface area contributed by atoms with Crippen molar-refractivity contribution in [2.75, 3.05) is 26.7 Å². The number of benzene rings is 1. The number of amides is 1. The zero-order valence-corrected chi connectivity index (χ0v) is 16.4. The van der Waals surface area contributed by atoms with Gasteiger partial charge in [-0.05, 0) is 43.4 Å². The zero-order chi connectivity index (χ0) is 19.0. The maximum absolute atomic E-state index is 12.4. The van der Waals surface area contributed by atoms with E-state index in [-0.39, 0.29) is 24.5 Å². The summed E-state index contributed by atoms with van der Waals surface area (Å²) in [6.07, 6.45) is 0.295. The highest BCUT2D eigenvalue weighted by Gasteiger charge is 2.16. The van der Waals surface area contributed by atoms with Crippen LogP contribution in [0, 0.1) is 19.8 Å². The average molecular weight is 348 g/mol. The number of ether oxygens (including phenoxy) is 1. The van der Waals surface area contributed by atoms with E-state index in [9.17, 15) is 9.59 Å². The van der Waals surface area contributed by atoms with Gasteiger partial charge in [-0.3, -0.25) is 14.5 Å². The Hall–Kier alpha value is -1.88. The second kappa shape index (κ2) is 10.2. The number of rotatable bonds is 9. The largest absolute Gasteiger partial charge is 0.469 e. The summed E-state index contributed by atoms with van der Waals surface area (Å²) in [7, 11) is 1.38. The van der Waals surface area contributed by atoms with Crippen molar-refractivity contribution < 1.29 is 14.3 Å². The van der Waals surface area contributed by atoms with Gasteiger partial charge in [0.05, 0.1) is 26.1 Å². The zero-order valence-electron chi connectivity index (χ0n) is 16.4. The molecule has 1 aromatic carbocycles. The van der Waals surface area contributed by atoms with E-state index in [2.05, 4.69) is 55.9 Å². The lowest BCUT2D eigenvalue weighted by molar-refractivity contribution is -0.141. The van der Waals surface area contributed by atoms with Gasteiger partial charge >= 0.3 is 5.97 Å². The third kappa shape index (κ3) is 7.69. The summed E-state index contributed by atoms with van der Waals surface area (Å²) in [5, 5.41) is 3.05. The van der Waals surface area contributed by atoms with Crippen molar-refractivity contribution in [2.45, 2.75) is 47.1 Å². The number of nitrogens with one attached hydrogen (secondary N) is 1. The quantitative estimate of drug-likeness (QED) is 0.697. The number of hydrogen-bond acceptors (Lipinski definition) is 4. The molecule has 1 amide bonds. The van der Waals surface area contributed by atoms with Gasteiger partial charge in [-0.2, -0.15) is 0 Å². The SMILES string of the molecule is COC(=O)CCN(CC(=O)N[C@@H](C)c1ccc(C)c(C)c1)CC(C)C. The maximum atomic E-state index is 12.4. The first kappa shape index (κ1) is 21.2. The van der Waals surface area contributed by atoms with E-state index in [1.807, 2.05) is 11.8 Å². The summed E-state index contributed by atoms with van der Waals surface area (Å²) in [5.41, 5.74) is 3.56. The minimum Gasteiger partial charge on any atom is -0.469 e. The Morgan fingerprint density at radius 1 is 1.16 bits per heavy atom. The second-order valence-corrected chi connectivity index (χ2v) is 7.09. The minimum absolute atomic E-state index is 0.0313. The molecule has 25 heavy (non-hydrogen) atoms. The summed E-state index contributed by atoms with van der Waals surface area (Å²) < 4.78 is 4.69. The molecule has 0 aliphatic rings. The third-order valence-corrected chi connectivity index (χ3v) is 4.26. The number of aryl methyl sites for hydroxylation is 2. The molecule has 5 heteroatoms. The molecule has 0 saturated carbocycles. The van der Waals surface area contributed by atoms with Crippen molar-refractivity contribution >= 4 is 11.9 Å². The van der Waals surface area contributed by atoms with E-state index in [0.29, 0.717) is 18.9 Å². The van der Waals surface area contributed by atoms with Crippen molar-refractivity contribution in [3.05, 3.63) is 34.9 Å². The van der Waals surface area contributed by atoms with Crippen LogP contribution in [0.4, 0.5) is 0 Å². The van der Waals surface area contributed by atoms with Gasteiger partial charge in [0.1, 0.15) is 0 Å². The highest BCUT2D eigenvalue weighted by atomic mass is 16.5. The van der Waals surface area contributed by atoms with Crippen LogP contribution in [0.15, 0.2) is 18.2 Å². The molecule has 1 aromatic rings. The predicted molar refractivity (Wildman–Crippen MR) is 100 cm³/mol. The van der Waals surface area contributed by atoms with Gasteiger partial charge in [0.15, 0.2) is 0 Å². The summed E-state index contributed by atoms with van der Waals surface area (Å²) >= 11 is 0. The molecule has 1 atom stereocenters. The van der Waals surface area contributed by atoms with Gasteiger partial charge < -0.3 is 10.1 Å². The molecule has 0 fully saturated rings. The Labute approximate surface area is 151 Å². The lowest BCUT2D eigenvalue weighted by Gasteiger charge is -2.24. The van der Waals surface area contributed by atoms with E-state index >= 15 is 0 Å². The Balaban J connectivity index is 2.62. The molecular weight excluding hydrogens is 316 g/mol. The van der Waals surface area contributed by atoms with Crippen molar-refractivity contribution in [3.63, 3.8) is 0 Å². The number of esters is 1. The van der Waals surface area contributed by atoms with Gasteiger partial charge in [-0.15, -0.1) is 0 Å². The molecule has 0 aromatic heterocycles. The van der Waals surface area contributed by atoms with Gasteiger partial charge in [0, 0.05) is 13.1 Å². The molecule has 0 radical (unpaired) electrons. The average Bonchev–Trinajstić information content (AvgIpc) is 2.54. The van der Waals surface area contributed by atoms with Gasteiger partial charge in [-0.25, -0.2) is 0 Å². The van der Waals surface area contributed by atoms with Crippen LogP contribution < -0.4 is 5.32 Å². The van der Waals surface area contributed by atoms with Gasteiger partial charge in [0.25, 0.3) is 0 Å². The molecular formula is C20H32N2O3. The smallest absolute Gasteiger partial charge is 0.306 e. The fourth-order valence-electron chi connectivity index (χ4n) is 2.71. The van der Waals surface area contributed by atoms with Crippen molar-refractivity contribution in [1.29, 1.82) is 0 Å². The highest BCUT2D eigenvalue weighted by Crippen LogP contribution is 2.16. The van der Waals surface area contributed by atoms with Crippen LogP contribution >= 0.6 is 0 Å². The van der Waals surface area contributed by atoms with Gasteiger partial charge in [0.2, 0.25) is 5.91 Å². The fraction of sp³-hybridized carbons (Fsp3) is 0.600. The Morgan fingerprint density at radius 3 is 2.40 bits per heavy atom. The number of carbonyl (C=O) groups excluding carboxylic acids is 2. The lowest BCUT2D eigenvalue weighted by atomic mass is 10.0. The number of hydrogen-bond donors (Lipinski definition) is 1. The number of carbonyl (C=O) groups is 2. The van der Waals surface area contributed by atoms with E-state index < -0.39 is 0 Å². The molecule has 0 aliphatic carbocycles. The first-order valence-electron chi connectivity index (χ1n) is 8.88. The molecule has 0 bridgehead atoms. The molecule has 0 aliphatic heterocycles. The van der Waals surface area contributed by atoms with Crippen LogP contribution in [0.25, 0.3) is 0 Å². The van der Waals surface area contributed by atoms with Crippen molar-refractivity contribution in [3.8, 4) is 0 Å². The summed E-state index contributed by atoms with van der Waals surface area (Å²) in [4.78, 5) is 25.8. The van der Waals surface area contributed by atoms with Crippen LogP contribution in [0.1, 0.15) is 49.9 Å². The van der Waals surface area contributed by atoms with Crippen LogP contribution in [-0.2, 0) is 14.3 Å². The molecule has 0 saturated heterocycles. The van der Waals surface area contributed by atoms with E-state index in [1.54, 1.807) is 0 Å². The first-order valence-corrected chi connectivity index (χ1v) is 8.88. The van der Waals surface area contributed by atoms with Gasteiger partial charge in [-0.1, -0.05) is 32.0 Å². The summed E-state index contributed by atoms with van der Waals surface area (Å²) in [5.74, 6) is 0.136. The normalized spacial score (nSPS) is 12.3. The van der Waals surface area contributed by atoms with Crippen LogP contribution in [0.5, 0.6) is 0 Å². The van der Waals surface area contributed by atoms with Crippen molar-refractivity contribution in [1.82, 2.24) is 10.2 Å². The van der Waals surface area contributed by atoms with E-state index in [4.69, 9.17) is 0 Å². The monoisotopic (exact) mass is 348 g/mol. The third-order valence-electron chi connectivity index (χ3n) is 4.26. The van der Waals surface area contributed by atoms with E-state index in [0.717, 1.165) is 12.1 Å². The maximum Gasteiger partial charge on any atom is 0.306 e. The highest BCUT2D eigenvalue weighted by molar-refractivity contribution is 5.78. The Morgan fingerprint density at radius 2 is 1.84 bits per heavy atom.